The minimum atomic E-state index is -3.28. The van der Waals surface area contributed by atoms with Gasteiger partial charge in [-0.05, 0) is 25.1 Å². The Kier molecular flexibility index (Phi) is 4.29. The zero-order chi connectivity index (χ0) is 14.8. The molecule has 1 N–H and O–H groups in total. The lowest BCUT2D eigenvalue weighted by atomic mass is 10.3. The van der Waals surface area contributed by atoms with Gasteiger partial charge < -0.3 is 15.0 Å². The van der Waals surface area contributed by atoms with Crippen LogP contribution in [0.25, 0.3) is 0 Å². The van der Waals surface area contributed by atoms with Crippen LogP contribution in [-0.2, 0) is 14.6 Å². The highest BCUT2D eigenvalue weighted by atomic mass is 32.2. The number of carbonyl (C=O) groups is 1. The molecule has 1 aliphatic heterocycles. The Morgan fingerprint density at radius 3 is 2.85 bits per heavy atom. The normalized spacial score (nSPS) is 19.7. The summed E-state index contributed by atoms with van der Waals surface area (Å²) in [6.07, 6.45) is 1.15. The number of hydrogen-bond acceptors (Lipinski definition) is 4. The summed E-state index contributed by atoms with van der Waals surface area (Å²) in [4.78, 5) is 13.9. The van der Waals surface area contributed by atoms with Crippen molar-refractivity contribution >= 4 is 21.6 Å². The zero-order valence-corrected chi connectivity index (χ0v) is 12.3. The number of urea groups is 1. The van der Waals surface area contributed by atoms with Crippen molar-refractivity contribution in [2.24, 2.45) is 0 Å². The Morgan fingerprint density at radius 2 is 2.20 bits per heavy atom. The molecule has 20 heavy (non-hydrogen) atoms. The van der Waals surface area contributed by atoms with Gasteiger partial charge in [-0.15, -0.1) is 0 Å². The van der Waals surface area contributed by atoms with Crippen LogP contribution in [0.2, 0.25) is 0 Å². The van der Waals surface area contributed by atoms with Gasteiger partial charge in [0.25, 0.3) is 0 Å². The van der Waals surface area contributed by atoms with E-state index in [0.29, 0.717) is 25.4 Å². The molecular weight excluding hydrogens is 280 g/mol. The van der Waals surface area contributed by atoms with E-state index < -0.39 is 9.84 Å². The molecule has 7 heteroatoms. The summed E-state index contributed by atoms with van der Waals surface area (Å²) in [5.74, 6) is 0. The Labute approximate surface area is 118 Å². The second-order valence-electron chi connectivity index (χ2n) is 4.86. The van der Waals surface area contributed by atoms with E-state index in [4.69, 9.17) is 4.74 Å². The molecule has 110 valence electrons. The van der Waals surface area contributed by atoms with Gasteiger partial charge in [0.15, 0.2) is 9.84 Å². The maximum Gasteiger partial charge on any atom is 0.322 e. The molecule has 1 atom stereocenters. The maximum absolute atomic E-state index is 12.1. The number of rotatable bonds is 2. The van der Waals surface area contributed by atoms with Crippen molar-refractivity contribution in [3.05, 3.63) is 24.3 Å². The van der Waals surface area contributed by atoms with Crippen LogP contribution in [0.1, 0.15) is 6.92 Å². The third kappa shape index (κ3) is 3.71. The van der Waals surface area contributed by atoms with Crippen LogP contribution in [0, 0.1) is 0 Å². The number of carbonyl (C=O) groups excluding carboxylic acids is 1. The minimum Gasteiger partial charge on any atom is -0.375 e. The molecule has 0 aromatic heterocycles. The van der Waals surface area contributed by atoms with Gasteiger partial charge in [-0.25, -0.2) is 13.2 Å². The lowest BCUT2D eigenvalue weighted by Crippen LogP contribution is -2.46. The topological polar surface area (TPSA) is 75.7 Å². The van der Waals surface area contributed by atoms with Gasteiger partial charge >= 0.3 is 6.03 Å². The number of anilines is 1. The summed E-state index contributed by atoms with van der Waals surface area (Å²) >= 11 is 0. The summed E-state index contributed by atoms with van der Waals surface area (Å²) in [5.41, 5.74) is 0.470. The van der Waals surface area contributed by atoms with E-state index in [9.17, 15) is 13.2 Å². The number of morpholine rings is 1. The lowest BCUT2D eigenvalue weighted by molar-refractivity contribution is -0.00138. The first-order chi connectivity index (χ1) is 9.36. The molecule has 1 aromatic rings. The quantitative estimate of drug-likeness (QED) is 0.894. The van der Waals surface area contributed by atoms with E-state index in [1.807, 2.05) is 6.92 Å². The summed E-state index contributed by atoms with van der Waals surface area (Å²) in [6.45, 7) is 3.47. The van der Waals surface area contributed by atoms with Crippen LogP contribution < -0.4 is 5.32 Å². The van der Waals surface area contributed by atoms with Gasteiger partial charge in [0.2, 0.25) is 0 Å². The largest absolute Gasteiger partial charge is 0.375 e. The van der Waals surface area contributed by atoms with Crippen LogP contribution in [0.5, 0.6) is 0 Å². The lowest BCUT2D eigenvalue weighted by Gasteiger charge is -2.31. The monoisotopic (exact) mass is 298 g/mol. The van der Waals surface area contributed by atoms with Crippen LogP contribution in [0.4, 0.5) is 10.5 Å². The van der Waals surface area contributed by atoms with Crippen molar-refractivity contribution in [3.63, 3.8) is 0 Å². The molecule has 1 heterocycles. The molecule has 1 aliphatic rings. The molecule has 1 saturated heterocycles. The van der Waals surface area contributed by atoms with Gasteiger partial charge in [0, 0.05) is 25.0 Å². The smallest absolute Gasteiger partial charge is 0.322 e. The molecule has 6 nitrogen and oxygen atoms in total. The summed E-state index contributed by atoms with van der Waals surface area (Å²) in [5, 5.41) is 2.71. The number of nitrogens with one attached hydrogen (secondary N) is 1. The molecule has 0 saturated carbocycles. The number of ether oxygens (including phenoxy) is 1. The number of hydrogen-bond donors (Lipinski definition) is 1. The Hall–Kier alpha value is -1.60. The first-order valence-corrected chi connectivity index (χ1v) is 8.23. The molecule has 2 rings (SSSR count). The van der Waals surface area contributed by atoms with E-state index in [1.54, 1.807) is 17.0 Å². The molecular formula is C13H18N2O4S. The highest BCUT2D eigenvalue weighted by Crippen LogP contribution is 2.16. The number of benzene rings is 1. The molecule has 2 amide bonds. The average molecular weight is 298 g/mol. The van der Waals surface area contributed by atoms with Crippen LogP contribution in [-0.4, -0.2) is 51.4 Å². The Bertz CT molecular complexity index is 600. The van der Waals surface area contributed by atoms with Crippen molar-refractivity contribution in [1.29, 1.82) is 0 Å². The van der Waals surface area contributed by atoms with Gasteiger partial charge in [0.05, 0.1) is 17.6 Å². The van der Waals surface area contributed by atoms with Crippen molar-refractivity contribution < 1.29 is 17.9 Å². The molecule has 1 unspecified atom stereocenters. The summed E-state index contributed by atoms with van der Waals surface area (Å²) in [6, 6.07) is 5.98. The van der Waals surface area contributed by atoms with Gasteiger partial charge in [-0.1, -0.05) is 6.07 Å². The minimum absolute atomic E-state index is 0.0110. The Balaban J connectivity index is 2.08. The summed E-state index contributed by atoms with van der Waals surface area (Å²) in [7, 11) is -3.28. The molecule has 0 bridgehead atoms. The van der Waals surface area contributed by atoms with Crippen LogP contribution >= 0.6 is 0 Å². The van der Waals surface area contributed by atoms with Crippen molar-refractivity contribution in [1.82, 2.24) is 4.90 Å². The standard InChI is InChI=1S/C13H18N2O4S/c1-10-9-15(6-7-19-10)13(16)14-11-4-3-5-12(8-11)20(2,17)18/h3-5,8,10H,6-7,9H2,1-2H3,(H,14,16). The average Bonchev–Trinajstić information content (AvgIpc) is 2.38. The van der Waals surface area contributed by atoms with Crippen molar-refractivity contribution in [3.8, 4) is 0 Å². The Morgan fingerprint density at radius 1 is 1.45 bits per heavy atom. The predicted octanol–water partition coefficient (Wildman–Crippen LogP) is 1.34. The van der Waals surface area contributed by atoms with Gasteiger partial charge in [0.1, 0.15) is 0 Å². The van der Waals surface area contributed by atoms with Crippen LogP contribution in [0.3, 0.4) is 0 Å². The van der Waals surface area contributed by atoms with E-state index in [0.717, 1.165) is 6.26 Å². The number of sulfone groups is 1. The number of nitrogens with zero attached hydrogens (tertiary/aromatic N) is 1. The molecule has 1 fully saturated rings. The van der Waals surface area contributed by atoms with E-state index >= 15 is 0 Å². The second kappa shape index (κ2) is 5.80. The maximum atomic E-state index is 12.1. The molecule has 0 spiro atoms. The zero-order valence-electron chi connectivity index (χ0n) is 11.5. The first-order valence-electron chi connectivity index (χ1n) is 6.34. The fourth-order valence-corrected chi connectivity index (χ4v) is 2.68. The molecule has 0 aliphatic carbocycles. The fourth-order valence-electron chi connectivity index (χ4n) is 2.01. The first kappa shape index (κ1) is 14.8. The van der Waals surface area contributed by atoms with Gasteiger partial charge in [-0.2, -0.15) is 0 Å². The van der Waals surface area contributed by atoms with Crippen molar-refractivity contribution in [2.75, 3.05) is 31.3 Å². The number of amides is 2. The summed E-state index contributed by atoms with van der Waals surface area (Å²) < 4.78 is 28.3. The fraction of sp³-hybridized carbons (Fsp3) is 0.462. The SMILES string of the molecule is CC1CN(C(=O)Nc2cccc(S(C)(=O)=O)c2)CCO1. The highest BCUT2D eigenvalue weighted by Gasteiger charge is 2.21. The van der Waals surface area contributed by atoms with Gasteiger partial charge in [-0.3, -0.25) is 0 Å². The van der Waals surface area contributed by atoms with E-state index in [1.165, 1.54) is 12.1 Å². The van der Waals surface area contributed by atoms with Crippen molar-refractivity contribution in [2.45, 2.75) is 17.9 Å². The van der Waals surface area contributed by atoms with Crippen LogP contribution in [0.15, 0.2) is 29.2 Å². The molecule has 1 aromatic carbocycles. The van der Waals surface area contributed by atoms with E-state index in [-0.39, 0.29) is 17.0 Å². The second-order valence-corrected chi connectivity index (χ2v) is 6.87. The van der Waals surface area contributed by atoms with E-state index in [2.05, 4.69) is 5.32 Å². The predicted molar refractivity (Wildman–Crippen MR) is 75.6 cm³/mol. The molecule has 0 radical (unpaired) electrons. The third-order valence-corrected chi connectivity index (χ3v) is 4.15. The highest BCUT2D eigenvalue weighted by molar-refractivity contribution is 7.90. The third-order valence-electron chi connectivity index (χ3n) is 3.04.